The van der Waals surface area contributed by atoms with E-state index in [9.17, 15) is 17.6 Å². The summed E-state index contributed by atoms with van der Waals surface area (Å²) in [6.07, 6.45) is -4.67. The molecule has 0 radical (unpaired) electrons. The zero-order valence-corrected chi connectivity index (χ0v) is 10.8. The summed E-state index contributed by atoms with van der Waals surface area (Å²) in [4.78, 5) is 0. The minimum Gasteiger partial charge on any atom is -0.312 e. The van der Waals surface area contributed by atoms with Gasteiger partial charge in [0.05, 0.1) is 5.56 Å². The van der Waals surface area contributed by atoms with Crippen LogP contribution in [0.2, 0.25) is 0 Å². The number of rotatable bonds is 2. The molecule has 0 saturated carbocycles. The van der Waals surface area contributed by atoms with Gasteiger partial charge in [0.25, 0.3) is 0 Å². The second-order valence-corrected chi connectivity index (χ2v) is 5.29. The Kier molecular flexibility index (Phi) is 4.05. The lowest BCUT2D eigenvalue weighted by atomic mass is 9.82. The van der Waals surface area contributed by atoms with Crippen LogP contribution in [0.3, 0.4) is 0 Å². The van der Waals surface area contributed by atoms with E-state index in [1.54, 1.807) is 7.05 Å². The summed E-state index contributed by atoms with van der Waals surface area (Å²) in [6, 6.07) is 2.89. The molecule has 1 aromatic rings. The van der Waals surface area contributed by atoms with Crippen molar-refractivity contribution in [3.05, 3.63) is 35.1 Å². The quantitative estimate of drug-likeness (QED) is 0.790. The first kappa shape index (κ1) is 15.0. The maximum absolute atomic E-state index is 14.0. The SMILES string of the molecule is CNC(c1cccc(C(F)(F)F)c1F)C(C)(C)C. The molecule has 0 heterocycles. The second kappa shape index (κ2) is 4.88. The normalized spacial score (nSPS) is 14.7. The molecule has 0 fully saturated rings. The fraction of sp³-hybridized carbons (Fsp3) is 0.538. The van der Waals surface area contributed by atoms with Gasteiger partial charge in [0.2, 0.25) is 0 Å². The molecule has 1 N–H and O–H groups in total. The molecule has 18 heavy (non-hydrogen) atoms. The van der Waals surface area contributed by atoms with Crippen molar-refractivity contribution >= 4 is 0 Å². The van der Waals surface area contributed by atoms with E-state index in [1.807, 2.05) is 20.8 Å². The Bertz CT molecular complexity index is 418. The molecule has 1 nitrogen and oxygen atoms in total. The fourth-order valence-corrected chi connectivity index (χ4v) is 2.05. The van der Waals surface area contributed by atoms with Crippen LogP contribution in [-0.4, -0.2) is 7.05 Å². The van der Waals surface area contributed by atoms with Crippen molar-refractivity contribution in [2.24, 2.45) is 5.41 Å². The van der Waals surface area contributed by atoms with Gasteiger partial charge < -0.3 is 5.32 Å². The molecule has 1 aromatic carbocycles. The Morgan fingerprint density at radius 2 is 1.67 bits per heavy atom. The maximum Gasteiger partial charge on any atom is 0.419 e. The largest absolute Gasteiger partial charge is 0.419 e. The second-order valence-electron chi connectivity index (χ2n) is 5.29. The predicted molar refractivity (Wildman–Crippen MR) is 62.7 cm³/mol. The number of benzene rings is 1. The lowest BCUT2D eigenvalue weighted by Gasteiger charge is -2.31. The number of hydrogen-bond donors (Lipinski definition) is 1. The zero-order chi connectivity index (χ0) is 14.1. The van der Waals surface area contributed by atoms with Crippen molar-refractivity contribution in [1.29, 1.82) is 0 Å². The van der Waals surface area contributed by atoms with Gasteiger partial charge in [0.15, 0.2) is 0 Å². The van der Waals surface area contributed by atoms with E-state index in [0.29, 0.717) is 0 Å². The summed E-state index contributed by atoms with van der Waals surface area (Å²) >= 11 is 0. The van der Waals surface area contributed by atoms with E-state index in [0.717, 1.165) is 6.07 Å². The molecule has 5 heteroatoms. The summed E-state index contributed by atoms with van der Waals surface area (Å²) in [7, 11) is 1.61. The van der Waals surface area contributed by atoms with Crippen LogP contribution in [0.5, 0.6) is 0 Å². The lowest BCUT2D eigenvalue weighted by Crippen LogP contribution is -2.31. The monoisotopic (exact) mass is 263 g/mol. The Balaban J connectivity index is 3.35. The average molecular weight is 263 g/mol. The molecular weight excluding hydrogens is 246 g/mol. The van der Waals surface area contributed by atoms with Crippen LogP contribution >= 0.6 is 0 Å². The lowest BCUT2D eigenvalue weighted by molar-refractivity contribution is -0.140. The van der Waals surface area contributed by atoms with Crippen molar-refractivity contribution in [2.45, 2.75) is 33.0 Å². The Morgan fingerprint density at radius 3 is 2.06 bits per heavy atom. The van der Waals surface area contributed by atoms with Crippen LogP contribution < -0.4 is 5.32 Å². The van der Waals surface area contributed by atoms with Crippen LogP contribution in [0.15, 0.2) is 18.2 Å². The fourth-order valence-electron chi connectivity index (χ4n) is 2.05. The zero-order valence-electron chi connectivity index (χ0n) is 10.8. The molecular formula is C13H17F4N. The van der Waals surface area contributed by atoms with Gasteiger partial charge in [-0.2, -0.15) is 13.2 Å². The number of alkyl halides is 3. The van der Waals surface area contributed by atoms with Crippen molar-refractivity contribution < 1.29 is 17.6 Å². The Morgan fingerprint density at radius 1 is 1.11 bits per heavy atom. The number of hydrogen-bond acceptors (Lipinski definition) is 1. The standard InChI is InChI=1S/C13H17F4N/c1-12(2,3)11(18-4)8-6-5-7-9(10(8)14)13(15,16)17/h5-7,11,18H,1-4H3. The van der Waals surface area contributed by atoms with Crippen LogP contribution in [-0.2, 0) is 6.18 Å². The molecule has 0 aliphatic carbocycles. The van der Waals surface area contributed by atoms with Crippen molar-refractivity contribution in [1.82, 2.24) is 5.32 Å². The highest BCUT2D eigenvalue weighted by Gasteiger charge is 2.37. The number of nitrogens with one attached hydrogen (secondary N) is 1. The van der Waals surface area contributed by atoms with Gasteiger partial charge in [-0.3, -0.25) is 0 Å². The minimum absolute atomic E-state index is 0.0415. The molecule has 1 atom stereocenters. The third kappa shape index (κ3) is 3.02. The molecule has 0 saturated heterocycles. The summed E-state index contributed by atoms with van der Waals surface area (Å²) in [5.41, 5.74) is -1.57. The topological polar surface area (TPSA) is 12.0 Å². The molecule has 0 aromatic heterocycles. The third-order valence-electron chi connectivity index (χ3n) is 2.80. The van der Waals surface area contributed by atoms with E-state index in [-0.39, 0.29) is 11.0 Å². The molecule has 0 spiro atoms. The van der Waals surface area contributed by atoms with Gasteiger partial charge in [0, 0.05) is 11.6 Å². The highest BCUT2D eigenvalue weighted by Crippen LogP contribution is 2.38. The first-order chi connectivity index (χ1) is 8.09. The van der Waals surface area contributed by atoms with Gasteiger partial charge in [0.1, 0.15) is 5.82 Å². The highest BCUT2D eigenvalue weighted by molar-refractivity contribution is 5.31. The van der Waals surface area contributed by atoms with E-state index in [2.05, 4.69) is 5.32 Å². The van der Waals surface area contributed by atoms with Gasteiger partial charge in [-0.05, 0) is 18.5 Å². The van der Waals surface area contributed by atoms with Crippen LogP contribution in [0.4, 0.5) is 17.6 Å². The van der Waals surface area contributed by atoms with E-state index in [4.69, 9.17) is 0 Å². The van der Waals surface area contributed by atoms with E-state index < -0.39 is 23.6 Å². The van der Waals surface area contributed by atoms with Crippen molar-refractivity contribution in [3.63, 3.8) is 0 Å². The first-order valence-electron chi connectivity index (χ1n) is 5.62. The molecule has 1 unspecified atom stereocenters. The smallest absolute Gasteiger partial charge is 0.312 e. The molecule has 0 amide bonds. The van der Waals surface area contributed by atoms with Crippen LogP contribution in [0.25, 0.3) is 0 Å². The summed E-state index contributed by atoms with van der Waals surface area (Å²) in [6.45, 7) is 5.52. The average Bonchev–Trinajstić information content (AvgIpc) is 2.17. The summed E-state index contributed by atoms with van der Waals surface area (Å²) < 4.78 is 51.9. The minimum atomic E-state index is -4.67. The molecule has 0 aliphatic rings. The van der Waals surface area contributed by atoms with Gasteiger partial charge in [-0.15, -0.1) is 0 Å². The Labute approximate surface area is 104 Å². The Hall–Kier alpha value is -1.10. The summed E-state index contributed by atoms with van der Waals surface area (Å²) in [5.74, 6) is -1.20. The highest BCUT2D eigenvalue weighted by atomic mass is 19.4. The molecule has 102 valence electrons. The van der Waals surface area contributed by atoms with Crippen LogP contribution in [0.1, 0.15) is 37.9 Å². The maximum atomic E-state index is 14.0. The number of halogens is 4. The molecule has 0 aliphatic heterocycles. The van der Waals surface area contributed by atoms with Gasteiger partial charge in [-0.1, -0.05) is 32.9 Å². The third-order valence-corrected chi connectivity index (χ3v) is 2.80. The first-order valence-corrected chi connectivity index (χ1v) is 5.62. The summed E-state index contributed by atoms with van der Waals surface area (Å²) in [5, 5.41) is 2.87. The van der Waals surface area contributed by atoms with Gasteiger partial charge >= 0.3 is 6.18 Å². The van der Waals surface area contributed by atoms with E-state index in [1.165, 1.54) is 12.1 Å². The van der Waals surface area contributed by atoms with Crippen LogP contribution in [0, 0.1) is 11.2 Å². The molecule has 1 rings (SSSR count). The molecule has 0 bridgehead atoms. The van der Waals surface area contributed by atoms with Crippen molar-refractivity contribution in [2.75, 3.05) is 7.05 Å². The van der Waals surface area contributed by atoms with Crippen molar-refractivity contribution in [3.8, 4) is 0 Å². The van der Waals surface area contributed by atoms with E-state index >= 15 is 0 Å². The predicted octanol–water partition coefficient (Wildman–Crippen LogP) is 4.15. The van der Waals surface area contributed by atoms with Gasteiger partial charge in [-0.25, -0.2) is 4.39 Å².